The summed E-state index contributed by atoms with van der Waals surface area (Å²) in [7, 11) is 0. The maximum absolute atomic E-state index is 13.1. The van der Waals surface area contributed by atoms with Gasteiger partial charge in [-0.1, -0.05) is 6.08 Å². The molecule has 1 saturated carbocycles. The highest BCUT2D eigenvalue weighted by molar-refractivity contribution is 6.06. The van der Waals surface area contributed by atoms with E-state index in [-0.39, 0.29) is 22.9 Å². The molecule has 2 aromatic heterocycles. The summed E-state index contributed by atoms with van der Waals surface area (Å²) in [4.78, 5) is 16.5. The number of rotatable bonds is 6. The second-order valence-corrected chi connectivity index (χ2v) is 8.29. The minimum atomic E-state index is -4.96. The zero-order valence-corrected chi connectivity index (χ0v) is 18.2. The van der Waals surface area contributed by atoms with E-state index in [2.05, 4.69) is 26.7 Å². The van der Waals surface area contributed by atoms with E-state index in [0.29, 0.717) is 16.8 Å². The number of nitrogens with zero attached hydrogens (tertiary/aromatic N) is 4. The molecule has 7 nitrogen and oxygen atoms in total. The molecule has 1 amide bonds. The fourth-order valence-corrected chi connectivity index (χ4v) is 4.27. The molecule has 0 bridgehead atoms. The lowest BCUT2D eigenvalue weighted by Crippen LogP contribution is -2.19. The lowest BCUT2D eigenvalue weighted by molar-refractivity contribution is -0.274. The number of allylic oxidation sites excluding steroid dienone is 1. The largest absolute Gasteiger partial charge is 0.573 e. The number of carbonyl (C=O) groups excluding carboxylic acids is 1. The Morgan fingerprint density at radius 3 is 2.71 bits per heavy atom. The van der Waals surface area contributed by atoms with Gasteiger partial charge in [0.05, 0.1) is 28.4 Å². The standard InChI is InChI=1S/C24H22F3N5O2/c1-2-3-15-4-6-19(7-5-15)32-14-18-9-21(22(10-20(18)31-32)34-24(25,26)27)30-23(33)17-8-16(11-28)12-29-13-17/h2,8-10,12-15,19H,1,3-7H2,(H,30,33). The molecule has 4 rings (SSSR count). The van der Waals surface area contributed by atoms with Crippen molar-refractivity contribution in [3.63, 3.8) is 0 Å². The normalized spacial score (nSPS) is 18.3. The Bertz CT molecular complexity index is 1250. The molecule has 1 aliphatic rings. The zero-order valence-electron chi connectivity index (χ0n) is 18.2. The average Bonchev–Trinajstić information content (AvgIpc) is 3.21. The SMILES string of the molecule is C=CCC1CCC(n2cc3cc(NC(=O)c4cncc(C#N)c4)c(OC(F)(F)F)cc3n2)CC1. The number of alkyl halides is 3. The molecule has 0 radical (unpaired) electrons. The Kier molecular flexibility index (Phi) is 6.54. The Morgan fingerprint density at radius 2 is 2.03 bits per heavy atom. The first-order valence-corrected chi connectivity index (χ1v) is 10.8. The van der Waals surface area contributed by atoms with Gasteiger partial charge in [0.1, 0.15) is 6.07 Å². The monoisotopic (exact) mass is 469 g/mol. The number of ether oxygens (including phenoxy) is 1. The molecule has 176 valence electrons. The number of fused-ring (bicyclic) bond motifs is 1. The van der Waals surface area contributed by atoms with Gasteiger partial charge in [0, 0.05) is 30.0 Å². The molecule has 1 fully saturated rings. The Balaban J connectivity index is 1.63. The van der Waals surface area contributed by atoms with E-state index in [1.54, 1.807) is 10.9 Å². The second-order valence-electron chi connectivity index (χ2n) is 8.29. The maximum Gasteiger partial charge on any atom is 0.573 e. The van der Waals surface area contributed by atoms with E-state index in [1.807, 2.05) is 12.1 Å². The molecule has 1 aliphatic carbocycles. The van der Waals surface area contributed by atoms with Crippen molar-refractivity contribution in [2.45, 2.75) is 44.5 Å². The van der Waals surface area contributed by atoms with Gasteiger partial charge in [-0.25, -0.2) is 0 Å². The van der Waals surface area contributed by atoms with Crippen molar-refractivity contribution >= 4 is 22.5 Å². The Hall–Kier alpha value is -3.87. The molecule has 0 atom stereocenters. The Morgan fingerprint density at radius 1 is 1.26 bits per heavy atom. The number of halogens is 3. The van der Waals surface area contributed by atoms with Crippen molar-refractivity contribution in [2.24, 2.45) is 5.92 Å². The van der Waals surface area contributed by atoms with Crippen LogP contribution >= 0.6 is 0 Å². The van der Waals surface area contributed by atoms with Gasteiger partial charge in [-0.15, -0.1) is 19.8 Å². The van der Waals surface area contributed by atoms with Crippen LogP contribution in [-0.2, 0) is 0 Å². The molecule has 0 unspecified atom stereocenters. The zero-order chi connectivity index (χ0) is 24.3. The summed E-state index contributed by atoms with van der Waals surface area (Å²) < 4.78 is 45.2. The molecule has 1 N–H and O–H groups in total. The van der Waals surface area contributed by atoms with Gasteiger partial charge in [0.15, 0.2) is 5.75 Å². The smallest absolute Gasteiger partial charge is 0.403 e. The van der Waals surface area contributed by atoms with Crippen molar-refractivity contribution in [2.75, 3.05) is 5.32 Å². The molecule has 0 spiro atoms. The number of aromatic nitrogens is 3. The summed E-state index contributed by atoms with van der Waals surface area (Å²) in [6, 6.07) is 5.89. The van der Waals surface area contributed by atoms with E-state index < -0.39 is 18.0 Å². The summed E-state index contributed by atoms with van der Waals surface area (Å²) in [6.45, 7) is 3.79. The van der Waals surface area contributed by atoms with Crippen LogP contribution in [0.25, 0.3) is 10.9 Å². The fraction of sp³-hybridized carbons (Fsp3) is 0.333. The number of carbonyl (C=O) groups is 1. The van der Waals surface area contributed by atoms with Crippen LogP contribution in [0.1, 0.15) is 54.1 Å². The predicted octanol–water partition coefficient (Wildman–Crippen LogP) is 5.76. The molecule has 10 heteroatoms. The van der Waals surface area contributed by atoms with Crippen LogP contribution in [0.15, 0.2) is 49.4 Å². The average molecular weight is 469 g/mol. The summed E-state index contributed by atoms with van der Waals surface area (Å²) in [5.41, 5.74) is 0.355. The minimum absolute atomic E-state index is 0.0316. The second kappa shape index (κ2) is 9.55. The van der Waals surface area contributed by atoms with Crippen molar-refractivity contribution in [3.05, 3.63) is 60.6 Å². The Labute approximate surface area is 193 Å². The van der Waals surface area contributed by atoms with Crippen LogP contribution in [0.4, 0.5) is 18.9 Å². The summed E-state index contributed by atoms with van der Waals surface area (Å²) in [5.74, 6) is -0.692. The van der Waals surface area contributed by atoms with Crippen molar-refractivity contribution < 1.29 is 22.7 Å². The van der Waals surface area contributed by atoms with Crippen molar-refractivity contribution in [1.82, 2.24) is 14.8 Å². The minimum Gasteiger partial charge on any atom is -0.403 e. The van der Waals surface area contributed by atoms with E-state index >= 15 is 0 Å². The molecular formula is C24H22F3N5O2. The first kappa shape index (κ1) is 23.3. The third-order valence-electron chi connectivity index (χ3n) is 5.92. The third kappa shape index (κ3) is 5.36. The summed E-state index contributed by atoms with van der Waals surface area (Å²) in [5, 5.41) is 16.5. The molecular weight excluding hydrogens is 447 g/mol. The number of nitrogens with one attached hydrogen (secondary N) is 1. The highest BCUT2D eigenvalue weighted by Crippen LogP contribution is 2.37. The van der Waals surface area contributed by atoms with Crippen LogP contribution in [-0.4, -0.2) is 27.0 Å². The van der Waals surface area contributed by atoms with E-state index in [1.165, 1.54) is 30.6 Å². The quantitative estimate of drug-likeness (QED) is 0.463. The van der Waals surface area contributed by atoms with Gasteiger partial charge in [-0.05, 0) is 50.2 Å². The predicted molar refractivity (Wildman–Crippen MR) is 119 cm³/mol. The number of hydrogen-bond donors (Lipinski definition) is 1. The van der Waals surface area contributed by atoms with E-state index in [9.17, 15) is 18.0 Å². The number of hydrogen-bond acceptors (Lipinski definition) is 5. The van der Waals surface area contributed by atoms with Crippen LogP contribution in [0.3, 0.4) is 0 Å². The molecule has 0 aliphatic heterocycles. The number of anilines is 1. The topological polar surface area (TPSA) is 92.8 Å². The third-order valence-corrected chi connectivity index (χ3v) is 5.92. The lowest BCUT2D eigenvalue weighted by atomic mass is 9.84. The van der Waals surface area contributed by atoms with Gasteiger partial charge >= 0.3 is 6.36 Å². The van der Waals surface area contributed by atoms with Crippen LogP contribution in [0, 0.1) is 17.2 Å². The number of nitriles is 1. The van der Waals surface area contributed by atoms with Gasteiger partial charge in [-0.3, -0.25) is 14.5 Å². The fourth-order valence-electron chi connectivity index (χ4n) is 4.27. The van der Waals surface area contributed by atoms with Gasteiger partial charge < -0.3 is 10.1 Å². The summed E-state index contributed by atoms with van der Waals surface area (Å²) in [6.07, 6.45) is 6.13. The van der Waals surface area contributed by atoms with Gasteiger partial charge in [0.2, 0.25) is 0 Å². The van der Waals surface area contributed by atoms with Crippen molar-refractivity contribution in [1.29, 1.82) is 5.26 Å². The highest BCUT2D eigenvalue weighted by Gasteiger charge is 2.33. The molecule has 34 heavy (non-hydrogen) atoms. The van der Waals surface area contributed by atoms with E-state index in [0.717, 1.165) is 32.1 Å². The van der Waals surface area contributed by atoms with Crippen LogP contribution in [0.5, 0.6) is 5.75 Å². The first-order chi connectivity index (χ1) is 16.3. The maximum atomic E-state index is 13.1. The number of benzene rings is 1. The van der Waals surface area contributed by atoms with Gasteiger partial charge in [0.25, 0.3) is 5.91 Å². The van der Waals surface area contributed by atoms with Crippen LogP contribution in [0.2, 0.25) is 0 Å². The number of pyridine rings is 1. The van der Waals surface area contributed by atoms with Crippen molar-refractivity contribution in [3.8, 4) is 11.8 Å². The van der Waals surface area contributed by atoms with Crippen LogP contribution < -0.4 is 10.1 Å². The number of amides is 1. The molecule has 2 heterocycles. The van der Waals surface area contributed by atoms with Gasteiger partial charge in [-0.2, -0.15) is 10.4 Å². The first-order valence-electron chi connectivity index (χ1n) is 10.8. The highest BCUT2D eigenvalue weighted by atomic mass is 19.4. The lowest BCUT2D eigenvalue weighted by Gasteiger charge is -2.27. The summed E-state index contributed by atoms with van der Waals surface area (Å²) >= 11 is 0. The molecule has 0 saturated heterocycles. The van der Waals surface area contributed by atoms with E-state index in [4.69, 9.17) is 5.26 Å². The molecule has 1 aromatic carbocycles. The molecule has 3 aromatic rings.